The van der Waals surface area contributed by atoms with Crippen LogP contribution in [0.3, 0.4) is 0 Å². The van der Waals surface area contributed by atoms with Crippen molar-refractivity contribution in [2.75, 3.05) is 20.2 Å². The molecule has 1 saturated heterocycles. The number of piperidine rings is 1. The van der Waals surface area contributed by atoms with Crippen LogP contribution in [0, 0.1) is 13.8 Å². The largest absolute Gasteiger partial charge is 0.486 e. The van der Waals surface area contributed by atoms with Crippen molar-refractivity contribution in [1.82, 2.24) is 5.32 Å². The van der Waals surface area contributed by atoms with Crippen molar-refractivity contribution in [3.05, 3.63) is 29.3 Å². The van der Waals surface area contributed by atoms with Gasteiger partial charge in [0, 0.05) is 13.7 Å². The van der Waals surface area contributed by atoms with Crippen molar-refractivity contribution in [3.63, 3.8) is 0 Å². The van der Waals surface area contributed by atoms with Crippen LogP contribution in [0.2, 0.25) is 0 Å². The Morgan fingerprint density at radius 3 is 2.71 bits per heavy atom. The third-order valence-electron chi connectivity index (χ3n) is 3.43. The standard InChI is InChI=1S/C14H21NO2/c1-10-4-5-12(8-11(10)2)17-14-9-15-7-6-13(14)16-3/h4-5,8,13-15H,6-7,9H2,1-3H3/t13-,14-/m0/s1. The van der Waals surface area contributed by atoms with Gasteiger partial charge >= 0.3 is 0 Å². The molecule has 1 aliphatic heterocycles. The van der Waals surface area contributed by atoms with Gasteiger partial charge in [-0.2, -0.15) is 0 Å². The summed E-state index contributed by atoms with van der Waals surface area (Å²) in [7, 11) is 1.76. The van der Waals surface area contributed by atoms with Gasteiger partial charge in [-0.25, -0.2) is 0 Å². The number of hydrogen-bond acceptors (Lipinski definition) is 3. The number of benzene rings is 1. The molecule has 0 radical (unpaired) electrons. The van der Waals surface area contributed by atoms with Crippen molar-refractivity contribution >= 4 is 0 Å². The van der Waals surface area contributed by atoms with Gasteiger partial charge in [0.1, 0.15) is 11.9 Å². The summed E-state index contributed by atoms with van der Waals surface area (Å²) in [4.78, 5) is 0. The molecule has 17 heavy (non-hydrogen) atoms. The summed E-state index contributed by atoms with van der Waals surface area (Å²) in [6, 6.07) is 6.23. The van der Waals surface area contributed by atoms with Crippen LogP contribution < -0.4 is 10.1 Å². The molecule has 3 heteroatoms. The van der Waals surface area contributed by atoms with Crippen LogP contribution in [-0.2, 0) is 4.74 Å². The highest BCUT2D eigenvalue weighted by Crippen LogP contribution is 2.20. The lowest BCUT2D eigenvalue weighted by molar-refractivity contribution is -0.0153. The van der Waals surface area contributed by atoms with Crippen molar-refractivity contribution in [2.24, 2.45) is 0 Å². The van der Waals surface area contributed by atoms with E-state index in [1.165, 1.54) is 11.1 Å². The lowest BCUT2D eigenvalue weighted by atomic mass is 10.1. The number of methoxy groups -OCH3 is 1. The topological polar surface area (TPSA) is 30.5 Å². The van der Waals surface area contributed by atoms with E-state index in [1.54, 1.807) is 7.11 Å². The minimum absolute atomic E-state index is 0.107. The van der Waals surface area contributed by atoms with Gasteiger partial charge in [0.25, 0.3) is 0 Å². The second kappa shape index (κ2) is 5.52. The highest BCUT2D eigenvalue weighted by atomic mass is 16.5. The number of rotatable bonds is 3. The highest BCUT2D eigenvalue weighted by molar-refractivity contribution is 5.34. The fourth-order valence-corrected chi connectivity index (χ4v) is 2.16. The molecule has 94 valence electrons. The van der Waals surface area contributed by atoms with Crippen LogP contribution in [0.25, 0.3) is 0 Å². The third-order valence-corrected chi connectivity index (χ3v) is 3.43. The van der Waals surface area contributed by atoms with E-state index >= 15 is 0 Å². The number of ether oxygens (including phenoxy) is 2. The molecule has 3 nitrogen and oxygen atoms in total. The first-order valence-electron chi connectivity index (χ1n) is 6.18. The molecule has 0 aliphatic carbocycles. The van der Waals surface area contributed by atoms with E-state index in [9.17, 15) is 0 Å². The first-order chi connectivity index (χ1) is 8.20. The van der Waals surface area contributed by atoms with Gasteiger partial charge in [-0.15, -0.1) is 0 Å². The van der Waals surface area contributed by atoms with Gasteiger partial charge in [-0.05, 0) is 50.1 Å². The van der Waals surface area contributed by atoms with E-state index in [1.807, 2.05) is 6.07 Å². The molecule has 0 bridgehead atoms. The van der Waals surface area contributed by atoms with Crippen molar-refractivity contribution in [2.45, 2.75) is 32.5 Å². The fourth-order valence-electron chi connectivity index (χ4n) is 2.16. The van der Waals surface area contributed by atoms with Crippen LogP contribution in [-0.4, -0.2) is 32.4 Å². The van der Waals surface area contributed by atoms with Crippen molar-refractivity contribution in [1.29, 1.82) is 0 Å². The molecule has 1 fully saturated rings. The normalized spacial score (nSPS) is 24.6. The molecular formula is C14H21NO2. The van der Waals surface area contributed by atoms with Gasteiger partial charge in [0.2, 0.25) is 0 Å². The smallest absolute Gasteiger partial charge is 0.137 e. The maximum atomic E-state index is 6.01. The molecule has 1 heterocycles. The summed E-state index contributed by atoms with van der Waals surface area (Å²) >= 11 is 0. The molecule has 0 amide bonds. The van der Waals surface area contributed by atoms with Gasteiger partial charge in [0.15, 0.2) is 0 Å². The molecule has 1 aliphatic rings. The van der Waals surface area contributed by atoms with Gasteiger partial charge < -0.3 is 14.8 Å². The SMILES string of the molecule is CO[C@H]1CCNC[C@@H]1Oc1ccc(C)c(C)c1. The summed E-state index contributed by atoms with van der Waals surface area (Å²) in [5.41, 5.74) is 2.56. The molecule has 0 saturated carbocycles. The van der Waals surface area contributed by atoms with E-state index in [0.717, 1.165) is 25.3 Å². The van der Waals surface area contributed by atoms with Crippen LogP contribution in [0.4, 0.5) is 0 Å². The van der Waals surface area contributed by atoms with E-state index in [2.05, 4.69) is 31.3 Å². The molecular weight excluding hydrogens is 214 g/mol. The van der Waals surface area contributed by atoms with E-state index in [4.69, 9.17) is 9.47 Å². The molecule has 1 aromatic carbocycles. The molecule has 0 aromatic heterocycles. The van der Waals surface area contributed by atoms with Crippen molar-refractivity contribution in [3.8, 4) is 5.75 Å². The predicted octanol–water partition coefficient (Wildman–Crippen LogP) is 2.06. The summed E-state index contributed by atoms with van der Waals surface area (Å²) in [5, 5.41) is 3.34. The Labute approximate surface area is 103 Å². The molecule has 1 N–H and O–H groups in total. The summed E-state index contributed by atoms with van der Waals surface area (Å²) < 4.78 is 11.5. The number of hydrogen-bond donors (Lipinski definition) is 1. The maximum Gasteiger partial charge on any atom is 0.137 e. The zero-order valence-corrected chi connectivity index (χ0v) is 10.8. The Kier molecular flexibility index (Phi) is 4.02. The summed E-state index contributed by atoms with van der Waals surface area (Å²) in [6.45, 7) is 6.07. The minimum atomic E-state index is 0.107. The summed E-state index contributed by atoms with van der Waals surface area (Å²) in [5.74, 6) is 0.934. The van der Waals surface area contributed by atoms with Gasteiger partial charge in [-0.1, -0.05) is 6.07 Å². The Morgan fingerprint density at radius 1 is 1.18 bits per heavy atom. The number of aryl methyl sites for hydroxylation is 2. The first-order valence-corrected chi connectivity index (χ1v) is 6.18. The Morgan fingerprint density at radius 2 is 2.00 bits per heavy atom. The maximum absolute atomic E-state index is 6.01. The summed E-state index contributed by atoms with van der Waals surface area (Å²) in [6.07, 6.45) is 1.31. The lowest BCUT2D eigenvalue weighted by Gasteiger charge is -2.31. The predicted molar refractivity (Wildman–Crippen MR) is 68.6 cm³/mol. The Balaban J connectivity index is 2.05. The van der Waals surface area contributed by atoms with Gasteiger partial charge in [0.05, 0.1) is 6.10 Å². The first kappa shape index (κ1) is 12.4. The molecule has 0 spiro atoms. The van der Waals surface area contributed by atoms with E-state index < -0.39 is 0 Å². The second-order valence-electron chi connectivity index (χ2n) is 4.67. The van der Waals surface area contributed by atoms with E-state index in [0.29, 0.717) is 0 Å². The fraction of sp³-hybridized carbons (Fsp3) is 0.571. The van der Waals surface area contributed by atoms with Crippen LogP contribution in [0.15, 0.2) is 18.2 Å². The number of nitrogens with one attached hydrogen (secondary N) is 1. The minimum Gasteiger partial charge on any atom is -0.486 e. The quantitative estimate of drug-likeness (QED) is 0.870. The average Bonchev–Trinajstić information content (AvgIpc) is 2.34. The van der Waals surface area contributed by atoms with Crippen molar-refractivity contribution < 1.29 is 9.47 Å². The molecule has 2 atom stereocenters. The van der Waals surface area contributed by atoms with Crippen LogP contribution in [0.1, 0.15) is 17.5 Å². The third kappa shape index (κ3) is 2.99. The second-order valence-corrected chi connectivity index (χ2v) is 4.67. The van der Waals surface area contributed by atoms with Crippen LogP contribution >= 0.6 is 0 Å². The Bertz CT molecular complexity index is 378. The van der Waals surface area contributed by atoms with Gasteiger partial charge in [-0.3, -0.25) is 0 Å². The average molecular weight is 235 g/mol. The zero-order valence-electron chi connectivity index (χ0n) is 10.8. The van der Waals surface area contributed by atoms with E-state index in [-0.39, 0.29) is 12.2 Å². The Hall–Kier alpha value is -1.06. The lowest BCUT2D eigenvalue weighted by Crippen LogP contribution is -2.48. The monoisotopic (exact) mass is 235 g/mol. The zero-order chi connectivity index (χ0) is 12.3. The molecule has 0 unspecified atom stereocenters. The highest BCUT2D eigenvalue weighted by Gasteiger charge is 2.26. The molecule has 1 aromatic rings. The molecule has 2 rings (SSSR count). The van der Waals surface area contributed by atoms with Crippen LogP contribution in [0.5, 0.6) is 5.75 Å².